The van der Waals surface area contributed by atoms with Crippen molar-refractivity contribution < 1.29 is 9.18 Å². The Labute approximate surface area is 126 Å². The Bertz CT molecular complexity index is 464. The van der Waals surface area contributed by atoms with Crippen LogP contribution in [0.2, 0.25) is 0 Å². The van der Waals surface area contributed by atoms with Crippen LogP contribution in [-0.2, 0) is 11.3 Å². The van der Waals surface area contributed by atoms with Crippen LogP contribution in [0.3, 0.4) is 0 Å². The molecule has 1 aliphatic rings. The van der Waals surface area contributed by atoms with Crippen molar-refractivity contribution in [2.75, 3.05) is 13.1 Å². The molecule has 0 saturated carbocycles. The number of halogens is 1. The van der Waals surface area contributed by atoms with Gasteiger partial charge in [-0.3, -0.25) is 9.69 Å². The van der Waals surface area contributed by atoms with Gasteiger partial charge in [-0.25, -0.2) is 4.39 Å². The van der Waals surface area contributed by atoms with Gasteiger partial charge in [0.15, 0.2) is 0 Å². The van der Waals surface area contributed by atoms with Crippen LogP contribution in [-0.4, -0.2) is 29.9 Å². The lowest BCUT2D eigenvalue weighted by Crippen LogP contribution is -2.43. The van der Waals surface area contributed by atoms with Crippen molar-refractivity contribution in [1.82, 2.24) is 10.2 Å². The predicted molar refractivity (Wildman–Crippen MR) is 82.4 cm³/mol. The first-order valence-electron chi connectivity index (χ1n) is 7.97. The topological polar surface area (TPSA) is 32.3 Å². The van der Waals surface area contributed by atoms with Gasteiger partial charge in [0.2, 0.25) is 5.91 Å². The normalized spacial score (nSPS) is 18.9. The van der Waals surface area contributed by atoms with E-state index in [1.54, 1.807) is 12.1 Å². The van der Waals surface area contributed by atoms with Crippen LogP contribution in [0.4, 0.5) is 4.39 Å². The summed E-state index contributed by atoms with van der Waals surface area (Å²) in [7, 11) is 0. The molecule has 1 saturated heterocycles. The fourth-order valence-corrected chi connectivity index (χ4v) is 2.86. The van der Waals surface area contributed by atoms with Gasteiger partial charge >= 0.3 is 0 Å². The molecule has 3 nitrogen and oxygen atoms in total. The van der Waals surface area contributed by atoms with E-state index >= 15 is 0 Å². The second-order valence-electron chi connectivity index (χ2n) is 5.72. The van der Waals surface area contributed by atoms with Gasteiger partial charge < -0.3 is 5.32 Å². The van der Waals surface area contributed by atoms with Crippen molar-refractivity contribution in [1.29, 1.82) is 0 Å². The summed E-state index contributed by atoms with van der Waals surface area (Å²) >= 11 is 0. The third kappa shape index (κ3) is 4.53. The first-order valence-corrected chi connectivity index (χ1v) is 7.97. The van der Waals surface area contributed by atoms with E-state index < -0.39 is 0 Å². The molecule has 1 fully saturated rings. The Morgan fingerprint density at radius 3 is 2.95 bits per heavy atom. The molecule has 1 atom stereocenters. The van der Waals surface area contributed by atoms with E-state index in [2.05, 4.69) is 17.1 Å². The zero-order valence-electron chi connectivity index (χ0n) is 12.8. The molecule has 1 aliphatic heterocycles. The molecule has 21 heavy (non-hydrogen) atoms. The lowest BCUT2D eigenvalue weighted by molar-refractivity contribution is -0.125. The molecule has 0 spiro atoms. The Kier molecular flexibility index (Phi) is 6.18. The molecule has 0 aliphatic carbocycles. The predicted octanol–water partition coefficient (Wildman–Crippen LogP) is 3.10. The van der Waals surface area contributed by atoms with Crippen LogP contribution >= 0.6 is 0 Å². The molecule has 1 heterocycles. The molecule has 1 amide bonds. The maximum Gasteiger partial charge on any atom is 0.237 e. The van der Waals surface area contributed by atoms with Gasteiger partial charge in [-0.05, 0) is 31.9 Å². The molecular formula is C17H25FN2O. The minimum Gasteiger partial charge on any atom is -0.355 e. The van der Waals surface area contributed by atoms with Crippen molar-refractivity contribution >= 4 is 5.91 Å². The highest BCUT2D eigenvalue weighted by molar-refractivity contribution is 5.82. The summed E-state index contributed by atoms with van der Waals surface area (Å²) in [6.45, 7) is 4.27. The van der Waals surface area contributed by atoms with Gasteiger partial charge in [-0.2, -0.15) is 0 Å². The maximum atomic E-state index is 13.7. The summed E-state index contributed by atoms with van der Waals surface area (Å²) in [6, 6.07) is 6.70. The lowest BCUT2D eigenvalue weighted by Gasteiger charge is -2.24. The van der Waals surface area contributed by atoms with E-state index in [4.69, 9.17) is 0 Å². The molecule has 1 unspecified atom stereocenters. The summed E-state index contributed by atoms with van der Waals surface area (Å²) in [4.78, 5) is 14.3. The Balaban J connectivity index is 1.88. The van der Waals surface area contributed by atoms with E-state index in [1.807, 2.05) is 6.07 Å². The maximum absolute atomic E-state index is 13.7. The number of nitrogens with zero attached hydrogens (tertiary/aromatic N) is 1. The number of hydrogen-bond acceptors (Lipinski definition) is 2. The first kappa shape index (κ1) is 16.0. The molecule has 116 valence electrons. The highest BCUT2D eigenvalue weighted by atomic mass is 19.1. The molecular weight excluding hydrogens is 267 g/mol. The van der Waals surface area contributed by atoms with Crippen molar-refractivity contribution in [3.8, 4) is 0 Å². The number of hydrogen-bond donors (Lipinski definition) is 1. The second kappa shape index (κ2) is 8.13. The summed E-state index contributed by atoms with van der Waals surface area (Å²) in [5, 5.41) is 3.02. The molecule has 1 aromatic carbocycles. The second-order valence-corrected chi connectivity index (χ2v) is 5.72. The van der Waals surface area contributed by atoms with Crippen LogP contribution in [0.1, 0.15) is 44.6 Å². The van der Waals surface area contributed by atoms with Crippen molar-refractivity contribution in [3.63, 3.8) is 0 Å². The van der Waals surface area contributed by atoms with Crippen LogP contribution in [0.25, 0.3) is 0 Å². The van der Waals surface area contributed by atoms with Gasteiger partial charge in [0.1, 0.15) is 5.82 Å². The van der Waals surface area contributed by atoms with E-state index in [1.165, 1.54) is 6.07 Å². The minimum absolute atomic E-state index is 0.0972. The molecule has 2 rings (SSSR count). The van der Waals surface area contributed by atoms with Gasteiger partial charge in [-0.1, -0.05) is 38.0 Å². The lowest BCUT2D eigenvalue weighted by atomic mass is 10.1. The number of carbonyl (C=O) groups excluding carboxylic acids is 1. The van der Waals surface area contributed by atoms with Gasteiger partial charge in [0.25, 0.3) is 0 Å². The third-order valence-electron chi connectivity index (χ3n) is 4.08. The Hall–Kier alpha value is -1.42. The summed E-state index contributed by atoms with van der Waals surface area (Å²) < 4.78 is 13.7. The smallest absolute Gasteiger partial charge is 0.237 e. The molecule has 0 bridgehead atoms. The third-order valence-corrected chi connectivity index (χ3v) is 4.08. The van der Waals surface area contributed by atoms with E-state index in [-0.39, 0.29) is 17.8 Å². The zero-order chi connectivity index (χ0) is 15.1. The molecule has 1 N–H and O–H groups in total. The molecule has 0 aromatic heterocycles. The molecule has 4 heteroatoms. The minimum atomic E-state index is -0.188. The Morgan fingerprint density at radius 2 is 2.19 bits per heavy atom. The van der Waals surface area contributed by atoms with Crippen LogP contribution in [0.5, 0.6) is 0 Å². The van der Waals surface area contributed by atoms with Crippen LogP contribution in [0, 0.1) is 5.82 Å². The fraction of sp³-hybridized carbons (Fsp3) is 0.588. The van der Waals surface area contributed by atoms with E-state index in [0.29, 0.717) is 12.1 Å². The first-order chi connectivity index (χ1) is 10.2. The van der Waals surface area contributed by atoms with Crippen molar-refractivity contribution in [2.45, 2.75) is 51.6 Å². The van der Waals surface area contributed by atoms with Gasteiger partial charge in [0, 0.05) is 18.7 Å². The van der Waals surface area contributed by atoms with Crippen molar-refractivity contribution in [3.05, 3.63) is 35.6 Å². The number of carbonyl (C=O) groups is 1. The molecule has 1 aromatic rings. The Morgan fingerprint density at radius 1 is 1.38 bits per heavy atom. The summed E-state index contributed by atoms with van der Waals surface area (Å²) in [5.74, 6) is -0.0913. The largest absolute Gasteiger partial charge is 0.355 e. The summed E-state index contributed by atoms with van der Waals surface area (Å²) in [5.41, 5.74) is 0.670. The number of benzene rings is 1. The van der Waals surface area contributed by atoms with E-state index in [0.717, 1.165) is 45.2 Å². The van der Waals surface area contributed by atoms with E-state index in [9.17, 15) is 9.18 Å². The molecule has 0 radical (unpaired) electrons. The number of amides is 1. The van der Waals surface area contributed by atoms with Crippen LogP contribution in [0.15, 0.2) is 24.3 Å². The monoisotopic (exact) mass is 292 g/mol. The quantitative estimate of drug-likeness (QED) is 0.783. The number of rotatable bonds is 7. The highest BCUT2D eigenvalue weighted by Gasteiger charge is 2.30. The standard InChI is InChI=1S/C17H25FN2O/c1-2-3-6-11-19-17(21)16-10-7-12-20(16)13-14-8-4-5-9-15(14)18/h4-5,8-9,16H,2-3,6-7,10-13H2,1H3,(H,19,21). The van der Waals surface area contributed by atoms with Gasteiger partial charge in [0.05, 0.1) is 6.04 Å². The SMILES string of the molecule is CCCCCNC(=O)C1CCCN1Cc1ccccc1F. The average molecular weight is 292 g/mol. The fourth-order valence-electron chi connectivity index (χ4n) is 2.86. The van der Waals surface area contributed by atoms with Crippen molar-refractivity contribution in [2.24, 2.45) is 0 Å². The summed E-state index contributed by atoms with van der Waals surface area (Å²) in [6.07, 6.45) is 5.19. The number of unbranched alkanes of at least 4 members (excludes halogenated alkanes) is 2. The number of likely N-dealkylation sites (tertiary alicyclic amines) is 1. The number of nitrogens with one attached hydrogen (secondary N) is 1. The van der Waals surface area contributed by atoms with Crippen LogP contribution < -0.4 is 5.32 Å². The zero-order valence-corrected chi connectivity index (χ0v) is 12.8. The highest BCUT2D eigenvalue weighted by Crippen LogP contribution is 2.21. The van der Waals surface area contributed by atoms with Gasteiger partial charge in [-0.15, -0.1) is 0 Å². The average Bonchev–Trinajstić information content (AvgIpc) is 2.94.